The van der Waals surface area contributed by atoms with E-state index in [1.54, 1.807) is 0 Å². The lowest BCUT2D eigenvalue weighted by Gasteiger charge is -2.41. The van der Waals surface area contributed by atoms with Gasteiger partial charge in [0.2, 0.25) is 0 Å². The van der Waals surface area contributed by atoms with E-state index in [4.69, 9.17) is 4.74 Å². The summed E-state index contributed by atoms with van der Waals surface area (Å²) in [4.78, 5) is 13.9. The van der Waals surface area contributed by atoms with E-state index in [0.717, 1.165) is 23.1 Å². The number of ether oxygens (including phenoxy) is 1. The van der Waals surface area contributed by atoms with Crippen LogP contribution in [0.5, 0.6) is 0 Å². The molecule has 0 bridgehead atoms. The lowest BCUT2D eigenvalue weighted by atomic mass is 9.93. The van der Waals surface area contributed by atoms with E-state index >= 15 is 0 Å². The molecule has 1 unspecified atom stereocenters. The number of nitrogens with zero attached hydrogens (tertiary/aromatic N) is 1. The van der Waals surface area contributed by atoms with Crippen LogP contribution in [0, 0.1) is 23.6 Å². The van der Waals surface area contributed by atoms with Crippen molar-refractivity contribution in [3.63, 3.8) is 0 Å². The van der Waals surface area contributed by atoms with Crippen molar-refractivity contribution in [1.82, 2.24) is 0 Å². The van der Waals surface area contributed by atoms with Crippen LogP contribution in [0.25, 0.3) is 0 Å². The number of carbonyl (C=O) groups is 1. The van der Waals surface area contributed by atoms with E-state index in [1.807, 2.05) is 0 Å². The fourth-order valence-corrected chi connectivity index (χ4v) is 3.62. The number of halogens is 4. The SMILES string of the molecule is C[Si](C)(C)CCOCN1C(=O)C(C#CC2CC2)(C(F)(F)F)Nc2cc(F)ccc21. The first-order valence-electron chi connectivity index (χ1n) is 9.50. The number of carbonyl (C=O) groups excluding carboxylic acids is 1. The minimum Gasteiger partial charge on any atom is -0.361 e. The van der Waals surface area contributed by atoms with Crippen molar-refractivity contribution in [1.29, 1.82) is 0 Å². The van der Waals surface area contributed by atoms with Gasteiger partial charge in [0.25, 0.3) is 11.4 Å². The number of benzene rings is 1. The molecule has 1 atom stereocenters. The predicted octanol–water partition coefficient (Wildman–Crippen LogP) is 4.61. The van der Waals surface area contributed by atoms with Crippen molar-refractivity contribution >= 4 is 25.4 Å². The molecular formula is C20H24F4N2O2Si. The van der Waals surface area contributed by atoms with E-state index in [9.17, 15) is 22.4 Å². The highest BCUT2D eigenvalue weighted by molar-refractivity contribution is 6.76. The lowest BCUT2D eigenvalue weighted by Crippen LogP contribution is -2.65. The summed E-state index contributed by atoms with van der Waals surface area (Å²) in [5.41, 5.74) is -3.13. The third-order valence-corrected chi connectivity index (χ3v) is 6.52. The topological polar surface area (TPSA) is 41.6 Å². The van der Waals surface area contributed by atoms with Crippen LogP contribution in [0.15, 0.2) is 18.2 Å². The number of hydrogen-bond acceptors (Lipinski definition) is 3. The van der Waals surface area contributed by atoms with Gasteiger partial charge in [-0.25, -0.2) is 4.39 Å². The van der Waals surface area contributed by atoms with Gasteiger partial charge in [0.05, 0.1) is 11.4 Å². The Labute approximate surface area is 168 Å². The van der Waals surface area contributed by atoms with Crippen molar-refractivity contribution in [3.8, 4) is 11.8 Å². The number of fused-ring (bicyclic) bond motifs is 1. The third kappa shape index (κ3) is 4.75. The van der Waals surface area contributed by atoms with Crippen LogP contribution in [-0.4, -0.2) is 39.0 Å². The van der Waals surface area contributed by atoms with Gasteiger partial charge in [-0.1, -0.05) is 31.5 Å². The molecule has 1 aliphatic heterocycles. The van der Waals surface area contributed by atoms with Crippen molar-refractivity contribution in [3.05, 3.63) is 24.0 Å². The van der Waals surface area contributed by atoms with Crippen LogP contribution in [-0.2, 0) is 9.53 Å². The summed E-state index contributed by atoms with van der Waals surface area (Å²) in [6.45, 7) is 6.41. The van der Waals surface area contributed by atoms with Crippen LogP contribution < -0.4 is 10.2 Å². The number of nitrogens with one attached hydrogen (secondary N) is 1. The minimum absolute atomic E-state index is 0.137. The van der Waals surface area contributed by atoms with Gasteiger partial charge in [-0.2, -0.15) is 13.2 Å². The number of amides is 1. The van der Waals surface area contributed by atoms with E-state index in [0.29, 0.717) is 19.4 Å². The molecular weight excluding hydrogens is 404 g/mol. The minimum atomic E-state index is -4.99. The maximum absolute atomic E-state index is 14.1. The number of anilines is 2. The maximum atomic E-state index is 14.1. The standard InChI is InChI=1S/C20H24F4N2O2Si/c1-29(2,3)11-10-28-13-26-17-7-6-15(21)12-16(17)25-19(18(26)27,20(22,23)24)9-8-14-4-5-14/h6-7,12,14,25H,4-5,10-11,13H2,1-3H3. The maximum Gasteiger partial charge on any atom is 0.432 e. The zero-order valence-corrected chi connectivity index (χ0v) is 17.6. The second-order valence-electron chi connectivity index (χ2n) is 8.66. The Kier molecular flexibility index (Phi) is 5.71. The highest BCUT2D eigenvalue weighted by Crippen LogP contribution is 2.43. The van der Waals surface area contributed by atoms with Gasteiger partial charge < -0.3 is 10.1 Å². The molecule has 0 radical (unpaired) electrons. The van der Waals surface area contributed by atoms with Crippen LogP contribution in [0.2, 0.25) is 25.7 Å². The monoisotopic (exact) mass is 428 g/mol. The lowest BCUT2D eigenvalue weighted by molar-refractivity contribution is -0.173. The van der Waals surface area contributed by atoms with Gasteiger partial charge in [0, 0.05) is 20.6 Å². The largest absolute Gasteiger partial charge is 0.432 e. The van der Waals surface area contributed by atoms with Crippen molar-refractivity contribution in [2.45, 2.75) is 50.2 Å². The normalized spacial score (nSPS) is 21.9. The van der Waals surface area contributed by atoms with E-state index in [-0.39, 0.29) is 24.0 Å². The fraction of sp³-hybridized carbons (Fsp3) is 0.550. The molecule has 0 saturated heterocycles. The Hall–Kier alpha value is -2.05. The first kappa shape index (κ1) is 21.7. The third-order valence-electron chi connectivity index (χ3n) is 4.82. The predicted molar refractivity (Wildman–Crippen MR) is 106 cm³/mol. The molecule has 158 valence electrons. The quantitative estimate of drug-likeness (QED) is 0.322. The molecule has 9 heteroatoms. The van der Waals surface area contributed by atoms with Crippen molar-refractivity contribution in [2.75, 3.05) is 23.6 Å². The van der Waals surface area contributed by atoms with E-state index in [2.05, 4.69) is 36.8 Å². The van der Waals surface area contributed by atoms with Gasteiger partial charge in [0.1, 0.15) is 12.5 Å². The van der Waals surface area contributed by atoms with Crippen LogP contribution in [0.1, 0.15) is 12.8 Å². The average Bonchev–Trinajstić information content (AvgIpc) is 3.41. The molecule has 4 nitrogen and oxygen atoms in total. The first-order chi connectivity index (χ1) is 13.4. The molecule has 1 saturated carbocycles. The number of hydrogen-bond donors (Lipinski definition) is 1. The summed E-state index contributed by atoms with van der Waals surface area (Å²) in [6.07, 6.45) is -3.57. The van der Waals surface area contributed by atoms with Gasteiger partial charge in [0.15, 0.2) is 0 Å². The molecule has 0 spiro atoms. The molecule has 1 fully saturated rings. The number of rotatable bonds is 5. The molecule has 1 amide bonds. The van der Waals surface area contributed by atoms with Gasteiger partial charge in [-0.3, -0.25) is 9.69 Å². The van der Waals surface area contributed by atoms with Crippen LogP contribution >= 0.6 is 0 Å². The van der Waals surface area contributed by atoms with Gasteiger partial charge in [-0.05, 0) is 37.1 Å². The zero-order chi connectivity index (χ0) is 21.4. The summed E-state index contributed by atoms with van der Waals surface area (Å²) < 4.78 is 61.6. The fourth-order valence-electron chi connectivity index (χ4n) is 2.86. The molecule has 0 aromatic heterocycles. The zero-order valence-electron chi connectivity index (χ0n) is 16.6. The Morgan fingerprint density at radius 3 is 2.59 bits per heavy atom. The summed E-state index contributed by atoms with van der Waals surface area (Å²) in [5, 5.41) is 2.19. The second-order valence-corrected chi connectivity index (χ2v) is 14.3. The smallest absolute Gasteiger partial charge is 0.361 e. The van der Waals surface area contributed by atoms with E-state index < -0.39 is 31.5 Å². The summed E-state index contributed by atoms with van der Waals surface area (Å²) >= 11 is 0. The Morgan fingerprint density at radius 2 is 2.00 bits per heavy atom. The molecule has 1 aromatic carbocycles. The van der Waals surface area contributed by atoms with Gasteiger partial charge >= 0.3 is 6.18 Å². The molecule has 3 rings (SSSR count). The Bertz CT molecular complexity index is 853. The molecule has 1 aromatic rings. The molecule has 29 heavy (non-hydrogen) atoms. The van der Waals surface area contributed by atoms with Crippen molar-refractivity contribution in [2.24, 2.45) is 5.92 Å². The Morgan fingerprint density at radius 1 is 1.31 bits per heavy atom. The highest BCUT2D eigenvalue weighted by atomic mass is 28.3. The molecule has 1 aliphatic carbocycles. The summed E-state index contributed by atoms with van der Waals surface area (Å²) in [7, 11) is -1.41. The van der Waals surface area contributed by atoms with Gasteiger partial charge in [-0.15, -0.1) is 0 Å². The van der Waals surface area contributed by atoms with E-state index in [1.165, 1.54) is 6.07 Å². The molecule has 1 N–H and O–H groups in total. The average molecular weight is 429 g/mol. The highest BCUT2D eigenvalue weighted by Gasteiger charge is 2.64. The summed E-state index contributed by atoms with van der Waals surface area (Å²) in [5.74, 6) is 2.58. The summed E-state index contributed by atoms with van der Waals surface area (Å²) in [6, 6.07) is 4.11. The van der Waals surface area contributed by atoms with Crippen LogP contribution in [0.3, 0.4) is 0 Å². The molecule has 2 aliphatic rings. The first-order valence-corrected chi connectivity index (χ1v) is 13.2. The number of alkyl halides is 3. The second kappa shape index (κ2) is 7.65. The molecule has 1 heterocycles. The van der Waals surface area contributed by atoms with Crippen molar-refractivity contribution < 1.29 is 27.1 Å². The Balaban J connectivity index is 1.96. The van der Waals surface area contributed by atoms with Crippen LogP contribution in [0.4, 0.5) is 28.9 Å².